The van der Waals surface area contributed by atoms with Gasteiger partial charge in [-0.2, -0.15) is 0 Å². The summed E-state index contributed by atoms with van der Waals surface area (Å²) in [6, 6.07) is 10.8. The number of thiophene rings is 1. The third-order valence-electron chi connectivity index (χ3n) is 4.44. The molecule has 0 radical (unpaired) electrons. The Bertz CT molecular complexity index is 721. The van der Waals surface area contributed by atoms with Crippen molar-refractivity contribution < 1.29 is 9.59 Å². The van der Waals surface area contributed by atoms with Crippen molar-refractivity contribution in [3.63, 3.8) is 0 Å². The quantitative estimate of drug-likeness (QED) is 0.745. The Morgan fingerprint density at radius 1 is 1.12 bits per heavy atom. The van der Waals surface area contributed by atoms with Gasteiger partial charge in [0, 0.05) is 6.04 Å². The number of benzene rings is 1. The molecule has 2 unspecified atom stereocenters. The van der Waals surface area contributed by atoms with Crippen LogP contribution in [-0.4, -0.2) is 24.4 Å². The van der Waals surface area contributed by atoms with Gasteiger partial charge in [-0.1, -0.05) is 24.6 Å². The lowest BCUT2D eigenvalue weighted by atomic mass is 10.0. The third-order valence-corrected chi connectivity index (χ3v) is 5.31. The van der Waals surface area contributed by atoms with Gasteiger partial charge in [0.1, 0.15) is 0 Å². The van der Waals surface area contributed by atoms with Crippen LogP contribution in [0, 0.1) is 5.92 Å². The molecule has 1 saturated carbocycles. The summed E-state index contributed by atoms with van der Waals surface area (Å²) in [4.78, 5) is 25.5. The zero-order chi connectivity index (χ0) is 16.9. The first-order valence-electron chi connectivity index (χ1n) is 8.14. The predicted molar refractivity (Wildman–Crippen MR) is 104 cm³/mol. The molecule has 1 fully saturated rings. The Morgan fingerprint density at radius 3 is 2.64 bits per heavy atom. The first-order valence-corrected chi connectivity index (χ1v) is 9.02. The molecule has 4 N–H and O–H groups in total. The largest absolute Gasteiger partial charge is 0.349 e. The van der Waals surface area contributed by atoms with Crippen molar-refractivity contribution in [3.05, 3.63) is 52.2 Å². The van der Waals surface area contributed by atoms with Crippen LogP contribution in [0.15, 0.2) is 41.8 Å². The Balaban J connectivity index is 0.00000225. The average molecular weight is 380 g/mol. The molecule has 0 aliphatic heterocycles. The van der Waals surface area contributed by atoms with Crippen molar-refractivity contribution in [1.29, 1.82) is 0 Å². The second-order valence-electron chi connectivity index (χ2n) is 5.98. The standard InChI is InChI=1S/C18H21N3O2S.ClH/c19-11-12-5-3-8-14(12)20-17(22)13-6-1-2-7-15(13)21-18(23)16-9-4-10-24-16;/h1-2,4,6-7,9-10,12,14H,3,5,8,11,19H2,(H,20,22)(H,21,23);1H. The summed E-state index contributed by atoms with van der Waals surface area (Å²) in [5.41, 5.74) is 6.78. The molecular formula is C18H22ClN3O2S. The molecule has 5 nitrogen and oxygen atoms in total. The van der Waals surface area contributed by atoms with Gasteiger partial charge >= 0.3 is 0 Å². The summed E-state index contributed by atoms with van der Waals surface area (Å²) in [7, 11) is 0. The first kappa shape index (κ1) is 19.4. The number of nitrogens with two attached hydrogens (primary N) is 1. The lowest BCUT2D eigenvalue weighted by Gasteiger charge is -2.20. The number of rotatable bonds is 5. The molecule has 1 aromatic heterocycles. The molecule has 0 spiro atoms. The maximum absolute atomic E-state index is 12.7. The minimum atomic E-state index is -0.203. The molecule has 1 aliphatic carbocycles. The highest BCUT2D eigenvalue weighted by atomic mass is 35.5. The highest BCUT2D eigenvalue weighted by molar-refractivity contribution is 7.12. The van der Waals surface area contributed by atoms with E-state index in [1.807, 2.05) is 11.4 Å². The van der Waals surface area contributed by atoms with Crippen LogP contribution in [0.3, 0.4) is 0 Å². The van der Waals surface area contributed by atoms with Crippen LogP contribution in [0.4, 0.5) is 5.69 Å². The zero-order valence-electron chi connectivity index (χ0n) is 13.7. The number of carbonyl (C=O) groups is 2. The summed E-state index contributed by atoms with van der Waals surface area (Å²) >= 11 is 1.37. The normalized spacial score (nSPS) is 19.1. The Kier molecular flexibility index (Phi) is 6.99. The van der Waals surface area contributed by atoms with Gasteiger partial charge < -0.3 is 16.4 Å². The maximum Gasteiger partial charge on any atom is 0.265 e. The molecule has 1 aromatic carbocycles. The maximum atomic E-state index is 12.7. The number of hydrogen-bond acceptors (Lipinski definition) is 4. The van der Waals surface area contributed by atoms with Crippen LogP contribution in [0.1, 0.15) is 39.3 Å². The van der Waals surface area contributed by atoms with E-state index in [0.717, 1.165) is 19.3 Å². The van der Waals surface area contributed by atoms with Crippen LogP contribution < -0.4 is 16.4 Å². The summed E-state index contributed by atoms with van der Waals surface area (Å²) in [5.74, 6) is -0.0322. The number of nitrogens with one attached hydrogen (secondary N) is 2. The summed E-state index contributed by atoms with van der Waals surface area (Å²) < 4.78 is 0. The molecular weight excluding hydrogens is 358 g/mol. The van der Waals surface area contributed by atoms with Crippen molar-refractivity contribution in [2.75, 3.05) is 11.9 Å². The van der Waals surface area contributed by atoms with Gasteiger partial charge in [0.2, 0.25) is 0 Å². The number of carbonyl (C=O) groups excluding carboxylic acids is 2. The van der Waals surface area contributed by atoms with Crippen molar-refractivity contribution >= 4 is 41.2 Å². The Morgan fingerprint density at radius 2 is 1.92 bits per heavy atom. The minimum Gasteiger partial charge on any atom is -0.349 e. The van der Waals surface area contributed by atoms with E-state index in [1.54, 1.807) is 30.3 Å². The highest BCUT2D eigenvalue weighted by Gasteiger charge is 2.28. The molecule has 3 rings (SSSR count). The first-order chi connectivity index (χ1) is 11.7. The summed E-state index contributed by atoms with van der Waals surface area (Å²) in [5, 5.41) is 7.75. The van der Waals surface area contributed by atoms with E-state index in [2.05, 4.69) is 10.6 Å². The van der Waals surface area contributed by atoms with Crippen molar-refractivity contribution in [3.8, 4) is 0 Å². The van der Waals surface area contributed by atoms with Gasteiger partial charge in [0.15, 0.2) is 0 Å². The fraction of sp³-hybridized carbons (Fsp3) is 0.333. The number of halogens is 1. The molecule has 1 aliphatic rings. The highest BCUT2D eigenvalue weighted by Crippen LogP contribution is 2.25. The number of para-hydroxylation sites is 1. The molecule has 25 heavy (non-hydrogen) atoms. The van der Waals surface area contributed by atoms with Gasteiger partial charge in [-0.05, 0) is 48.9 Å². The lowest BCUT2D eigenvalue weighted by Crippen LogP contribution is -2.40. The van der Waals surface area contributed by atoms with Gasteiger partial charge in [-0.25, -0.2) is 0 Å². The monoisotopic (exact) mass is 379 g/mol. The summed E-state index contributed by atoms with van der Waals surface area (Å²) in [6.45, 7) is 0.585. The topological polar surface area (TPSA) is 84.2 Å². The Hall–Kier alpha value is -1.89. The number of amides is 2. The molecule has 0 bridgehead atoms. The molecule has 2 amide bonds. The number of anilines is 1. The SMILES string of the molecule is Cl.NCC1CCCC1NC(=O)c1ccccc1NC(=O)c1cccs1. The minimum absolute atomic E-state index is 0. The van der Waals surface area contributed by atoms with Gasteiger partial charge in [-0.3, -0.25) is 9.59 Å². The fourth-order valence-electron chi connectivity index (χ4n) is 3.14. The van der Waals surface area contributed by atoms with E-state index in [0.29, 0.717) is 28.6 Å². The van der Waals surface area contributed by atoms with Gasteiger partial charge in [-0.15, -0.1) is 23.7 Å². The molecule has 0 saturated heterocycles. The molecule has 1 heterocycles. The summed E-state index contributed by atoms with van der Waals surface area (Å²) in [6.07, 6.45) is 3.10. The van der Waals surface area contributed by atoms with E-state index < -0.39 is 0 Å². The molecule has 2 aromatic rings. The van der Waals surface area contributed by atoms with Crippen molar-refractivity contribution in [1.82, 2.24) is 5.32 Å². The lowest BCUT2D eigenvalue weighted by molar-refractivity contribution is 0.0929. The van der Waals surface area contributed by atoms with Crippen LogP contribution >= 0.6 is 23.7 Å². The second kappa shape index (κ2) is 8.99. The zero-order valence-corrected chi connectivity index (χ0v) is 15.4. The van der Waals surface area contributed by atoms with Gasteiger partial charge in [0.05, 0.1) is 16.1 Å². The van der Waals surface area contributed by atoms with Crippen LogP contribution in [0.25, 0.3) is 0 Å². The Labute approximate surface area is 157 Å². The van der Waals surface area contributed by atoms with E-state index in [-0.39, 0.29) is 30.3 Å². The van der Waals surface area contributed by atoms with E-state index in [1.165, 1.54) is 11.3 Å². The average Bonchev–Trinajstić information content (AvgIpc) is 3.26. The second-order valence-corrected chi connectivity index (χ2v) is 6.93. The van der Waals surface area contributed by atoms with Crippen LogP contribution in [0.5, 0.6) is 0 Å². The van der Waals surface area contributed by atoms with Gasteiger partial charge in [0.25, 0.3) is 11.8 Å². The van der Waals surface area contributed by atoms with Crippen molar-refractivity contribution in [2.24, 2.45) is 11.7 Å². The third kappa shape index (κ3) is 4.60. The molecule has 2 atom stereocenters. The molecule has 7 heteroatoms. The predicted octanol–water partition coefficient (Wildman–Crippen LogP) is 3.28. The van der Waals surface area contributed by atoms with E-state index in [9.17, 15) is 9.59 Å². The van der Waals surface area contributed by atoms with E-state index in [4.69, 9.17) is 5.73 Å². The fourth-order valence-corrected chi connectivity index (χ4v) is 3.76. The van der Waals surface area contributed by atoms with Crippen LogP contribution in [0.2, 0.25) is 0 Å². The van der Waals surface area contributed by atoms with Crippen LogP contribution in [-0.2, 0) is 0 Å². The van der Waals surface area contributed by atoms with E-state index >= 15 is 0 Å². The smallest absolute Gasteiger partial charge is 0.265 e. The number of hydrogen-bond donors (Lipinski definition) is 3. The van der Waals surface area contributed by atoms with Crippen molar-refractivity contribution in [2.45, 2.75) is 25.3 Å². The molecule has 134 valence electrons.